The lowest BCUT2D eigenvalue weighted by Crippen LogP contribution is -2.15. The highest BCUT2D eigenvalue weighted by Crippen LogP contribution is 2.25. The first kappa shape index (κ1) is 20.9. The molecule has 146 valence electrons. The highest BCUT2D eigenvalue weighted by atomic mass is 127. The van der Waals surface area contributed by atoms with Crippen molar-refractivity contribution in [1.29, 1.82) is 0 Å². The number of hydrogen-bond acceptors (Lipinski definition) is 5. The third kappa shape index (κ3) is 5.62. The summed E-state index contributed by atoms with van der Waals surface area (Å²) in [5.74, 6) is 1.43. The Morgan fingerprint density at radius 1 is 1.21 bits per heavy atom. The first-order valence-electron chi connectivity index (χ1n) is 8.54. The fourth-order valence-electron chi connectivity index (χ4n) is 2.41. The molecule has 1 amide bonds. The minimum atomic E-state index is -0.0919. The zero-order chi connectivity index (χ0) is 19.9. The third-order valence-electron chi connectivity index (χ3n) is 3.76. The van der Waals surface area contributed by atoms with Crippen molar-refractivity contribution in [2.75, 3.05) is 11.1 Å². The maximum Gasteiger partial charge on any atom is 0.234 e. The maximum absolute atomic E-state index is 12.2. The molecule has 0 aliphatic carbocycles. The van der Waals surface area contributed by atoms with Crippen molar-refractivity contribution in [2.24, 2.45) is 0 Å². The van der Waals surface area contributed by atoms with E-state index in [2.05, 4.69) is 38.1 Å². The van der Waals surface area contributed by atoms with E-state index in [0.717, 1.165) is 9.26 Å². The van der Waals surface area contributed by atoms with Gasteiger partial charge in [0.2, 0.25) is 5.91 Å². The molecule has 0 saturated heterocycles. The van der Waals surface area contributed by atoms with Gasteiger partial charge in [0.05, 0.1) is 10.8 Å². The Morgan fingerprint density at radius 3 is 2.68 bits per heavy atom. The highest BCUT2D eigenvalue weighted by Gasteiger charge is 2.14. The molecule has 3 aromatic rings. The molecule has 0 radical (unpaired) electrons. The van der Waals surface area contributed by atoms with Crippen LogP contribution in [0, 0.1) is 3.57 Å². The number of carbonyl (C=O) groups excluding carboxylic acids is 1. The van der Waals surface area contributed by atoms with Gasteiger partial charge in [-0.1, -0.05) is 35.5 Å². The molecule has 1 N–H and O–H groups in total. The van der Waals surface area contributed by atoms with Crippen molar-refractivity contribution in [2.45, 2.75) is 25.2 Å². The molecule has 0 aliphatic rings. The molecule has 0 atom stereocenters. The fourth-order valence-corrected chi connectivity index (χ4v) is 3.79. The molecule has 0 unspecified atom stereocenters. The predicted octanol–water partition coefficient (Wildman–Crippen LogP) is 4.87. The highest BCUT2D eigenvalue weighted by molar-refractivity contribution is 14.1. The summed E-state index contributed by atoms with van der Waals surface area (Å²) in [6.45, 7) is 2.92. The second-order valence-corrected chi connectivity index (χ2v) is 8.30. The van der Waals surface area contributed by atoms with E-state index in [1.807, 2.05) is 47.9 Å². The lowest BCUT2D eigenvalue weighted by molar-refractivity contribution is -0.113. The molecule has 0 fully saturated rings. The summed E-state index contributed by atoms with van der Waals surface area (Å²) in [4.78, 5) is 12.2. The van der Waals surface area contributed by atoms with Gasteiger partial charge in [-0.3, -0.25) is 4.79 Å². The lowest BCUT2D eigenvalue weighted by Gasteiger charge is -2.10. The smallest absolute Gasteiger partial charge is 0.234 e. The minimum Gasteiger partial charge on any atom is -0.484 e. The lowest BCUT2D eigenvalue weighted by atomic mass is 10.3. The molecular formula is C19H18ClIN4O2S. The van der Waals surface area contributed by atoms with Crippen LogP contribution in [0.5, 0.6) is 5.75 Å². The third-order valence-corrected chi connectivity index (χ3v) is 5.76. The van der Waals surface area contributed by atoms with Crippen molar-refractivity contribution in [3.63, 3.8) is 0 Å². The number of nitrogens with one attached hydrogen (secondary N) is 1. The van der Waals surface area contributed by atoms with Crippen molar-refractivity contribution in [3.05, 3.63) is 62.9 Å². The largest absolute Gasteiger partial charge is 0.484 e. The molecule has 0 aliphatic heterocycles. The van der Waals surface area contributed by atoms with Gasteiger partial charge in [-0.05, 0) is 65.9 Å². The van der Waals surface area contributed by atoms with E-state index in [4.69, 9.17) is 16.3 Å². The number of amides is 1. The number of nitrogens with zero attached hydrogens (tertiary/aromatic N) is 3. The summed E-state index contributed by atoms with van der Waals surface area (Å²) in [5, 5.41) is 12.5. The molecule has 9 heteroatoms. The number of anilines is 1. The summed E-state index contributed by atoms with van der Waals surface area (Å²) in [6.07, 6.45) is 0. The van der Waals surface area contributed by atoms with Crippen LogP contribution in [0.15, 0.2) is 53.7 Å². The van der Waals surface area contributed by atoms with Gasteiger partial charge in [-0.25, -0.2) is 0 Å². The Bertz CT molecular complexity index is 949. The molecule has 28 heavy (non-hydrogen) atoms. The first-order valence-corrected chi connectivity index (χ1v) is 11.0. The number of rotatable bonds is 8. The Balaban J connectivity index is 1.58. The molecule has 3 rings (SSSR count). The average molecular weight is 529 g/mol. The number of para-hydroxylation sites is 1. The van der Waals surface area contributed by atoms with Crippen LogP contribution in [-0.2, 0) is 17.9 Å². The van der Waals surface area contributed by atoms with E-state index >= 15 is 0 Å². The van der Waals surface area contributed by atoms with Crippen molar-refractivity contribution in [3.8, 4) is 5.75 Å². The molecule has 2 aromatic carbocycles. The number of halogens is 2. The summed E-state index contributed by atoms with van der Waals surface area (Å²) < 4.78 is 8.80. The van der Waals surface area contributed by atoms with E-state index in [9.17, 15) is 4.79 Å². The molecule has 0 saturated carbocycles. The fraction of sp³-hybridized carbons (Fsp3) is 0.211. The summed E-state index contributed by atoms with van der Waals surface area (Å²) in [6, 6.07) is 14.9. The Kier molecular flexibility index (Phi) is 7.57. The van der Waals surface area contributed by atoms with E-state index in [1.165, 1.54) is 11.8 Å². The van der Waals surface area contributed by atoms with Crippen LogP contribution in [0.25, 0.3) is 0 Å². The van der Waals surface area contributed by atoms with Gasteiger partial charge >= 0.3 is 0 Å². The monoisotopic (exact) mass is 528 g/mol. The first-order chi connectivity index (χ1) is 13.6. The Labute approximate surface area is 186 Å². The molecular weight excluding hydrogens is 511 g/mol. The zero-order valence-electron chi connectivity index (χ0n) is 15.1. The summed E-state index contributed by atoms with van der Waals surface area (Å²) >= 11 is 9.68. The normalized spacial score (nSPS) is 10.7. The number of benzene rings is 2. The van der Waals surface area contributed by atoms with Crippen LogP contribution < -0.4 is 10.1 Å². The van der Waals surface area contributed by atoms with E-state index in [0.29, 0.717) is 28.3 Å². The van der Waals surface area contributed by atoms with E-state index in [-0.39, 0.29) is 18.3 Å². The number of ether oxygens (including phenoxy) is 1. The molecule has 0 spiro atoms. The van der Waals surface area contributed by atoms with Crippen LogP contribution in [0.2, 0.25) is 5.02 Å². The van der Waals surface area contributed by atoms with Crippen molar-refractivity contribution >= 4 is 57.5 Å². The molecule has 1 heterocycles. The SMILES string of the molecule is CCn1c(COc2ccccc2Cl)nnc1SCC(=O)Nc1ccc(I)cc1. The number of aromatic nitrogens is 3. The number of thioether (sulfide) groups is 1. The van der Waals surface area contributed by atoms with Crippen molar-refractivity contribution in [1.82, 2.24) is 14.8 Å². The van der Waals surface area contributed by atoms with E-state index in [1.54, 1.807) is 12.1 Å². The van der Waals surface area contributed by atoms with Gasteiger partial charge in [-0.15, -0.1) is 10.2 Å². The quantitative estimate of drug-likeness (QED) is 0.334. The maximum atomic E-state index is 12.2. The topological polar surface area (TPSA) is 69.0 Å². The molecule has 6 nitrogen and oxygen atoms in total. The van der Waals surface area contributed by atoms with Crippen LogP contribution in [0.3, 0.4) is 0 Å². The van der Waals surface area contributed by atoms with Gasteiger partial charge in [0, 0.05) is 15.8 Å². The van der Waals surface area contributed by atoms with Crippen LogP contribution in [-0.4, -0.2) is 26.4 Å². The van der Waals surface area contributed by atoms with Gasteiger partial charge in [0.15, 0.2) is 11.0 Å². The summed E-state index contributed by atoms with van der Waals surface area (Å²) in [7, 11) is 0. The van der Waals surface area contributed by atoms with Crippen LogP contribution >= 0.6 is 46.0 Å². The standard InChI is InChI=1S/C19H18ClIN4O2S/c1-2-25-17(11-27-16-6-4-3-5-15(16)20)23-24-19(25)28-12-18(26)22-14-9-7-13(21)8-10-14/h3-10H,2,11-12H2,1H3,(H,22,26). The molecule has 0 bridgehead atoms. The predicted molar refractivity (Wildman–Crippen MR) is 120 cm³/mol. The van der Waals surface area contributed by atoms with Gasteiger partial charge in [0.1, 0.15) is 12.4 Å². The number of hydrogen-bond donors (Lipinski definition) is 1. The van der Waals surface area contributed by atoms with Crippen molar-refractivity contribution < 1.29 is 9.53 Å². The van der Waals surface area contributed by atoms with Crippen LogP contribution in [0.1, 0.15) is 12.7 Å². The zero-order valence-corrected chi connectivity index (χ0v) is 18.8. The van der Waals surface area contributed by atoms with E-state index < -0.39 is 0 Å². The minimum absolute atomic E-state index is 0.0919. The Hall–Kier alpha value is -1.78. The van der Waals surface area contributed by atoms with Gasteiger partial charge in [-0.2, -0.15) is 0 Å². The van der Waals surface area contributed by atoms with Gasteiger partial charge in [0.25, 0.3) is 0 Å². The van der Waals surface area contributed by atoms with Crippen LogP contribution in [0.4, 0.5) is 5.69 Å². The number of carbonyl (C=O) groups is 1. The second kappa shape index (κ2) is 10.1. The summed E-state index contributed by atoms with van der Waals surface area (Å²) in [5.41, 5.74) is 0.775. The van der Waals surface area contributed by atoms with Gasteiger partial charge < -0.3 is 14.6 Å². The molecule has 1 aromatic heterocycles. The Morgan fingerprint density at radius 2 is 1.96 bits per heavy atom. The average Bonchev–Trinajstić information content (AvgIpc) is 3.09. The second-order valence-electron chi connectivity index (χ2n) is 5.71.